The Morgan fingerprint density at radius 2 is 1.96 bits per heavy atom. The molecule has 1 aliphatic rings. The highest BCUT2D eigenvalue weighted by Crippen LogP contribution is 2.32. The van der Waals surface area contributed by atoms with Crippen molar-refractivity contribution in [3.8, 4) is 5.69 Å². The Kier molecular flexibility index (Phi) is 4.53. The summed E-state index contributed by atoms with van der Waals surface area (Å²) in [6, 6.07) is 14.0. The molecule has 0 aliphatic heterocycles. The summed E-state index contributed by atoms with van der Waals surface area (Å²) in [5, 5.41) is 18.8. The van der Waals surface area contributed by atoms with Crippen molar-refractivity contribution < 1.29 is 9.50 Å². The summed E-state index contributed by atoms with van der Waals surface area (Å²) in [5.41, 5.74) is 4.67. The molecule has 0 saturated carbocycles. The van der Waals surface area contributed by atoms with Crippen LogP contribution in [0.25, 0.3) is 5.69 Å². The van der Waals surface area contributed by atoms with Crippen molar-refractivity contribution in [3.63, 3.8) is 0 Å². The monoisotopic (exact) mass is 371 g/mol. The molecule has 1 aliphatic carbocycles. The molecule has 134 valence electrons. The summed E-state index contributed by atoms with van der Waals surface area (Å²) in [7, 11) is 0. The van der Waals surface area contributed by atoms with E-state index in [4.69, 9.17) is 11.6 Å². The second kappa shape index (κ2) is 6.83. The number of hydrogen-bond acceptors (Lipinski definition) is 3. The predicted octanol–water partition coefficient (Wildman–Crippen LogP) is 3.72. The van der Waals surface area contributed by atoms with Gasteiger partial charge < -0.3 is 10.4 Å². The minimum Gasteiger partial charge on any atom is -0.391 e. The maximum atomic E-state index is 13.1. The number of aliphatic hydroxyl groups excluding tert-OH is 1. The lowest BCUT2D eigenvalue weighted by atomic mass is 10.1. The van der Waals surface area contributed by atoms with Crippen molar-refractivity contribution in [2.24, 2.45) is 0 Å². The number of aliphatic hydroxyl groups is 1. The van der Waals surface area contributed by atoms with E-state index < -0.39 is 6.10 Å². The van der Waals surface area contributed by atoms with Crippen LogP contribution in [0.2, 0.25) is 5.15 Å². The first-order valence-corrected chi connectivity index (χ1v) is 8.91. The van der Waals surface area contributed by atoms with Gasteiger partial charge in [-0.2, -0.15) is 5.10 Å². The van der Waals surface area contributed by atoms with Crippen LogP contribution in [0.1, 0.15) is 28.4 Å². The van der Waals surface area contributed by atoms with Gasteiger partial charge in [0, 0.05) is 18.5 Å². The van der Waals surface area contributed by atoms with Crippen molar-refractivity contribution in [1.29, 1.82) is 0 Å². The number of aryl methyl sites for hydroxylation is 1. The first kappa shape index (κ1) is 17.2. The van der Waals surface area contributed by atoms with E-state index in [9.17, 15) is 9.50 Å². The van der Waals surface area contributed by atoms with Crippen LogP contribution in [-0.4, -0.2) is 21.0 Å². The van der Waals surface area contributed by atoms with Crippen LogP contribution in [0.15, 0.2) is 48.5 Å². The number of nitrogens with zero attached hydrogens (tertiary/aromatic N) is 2. The molecule has 3 aromatic rings. The molecule has 0 amide bonds. The van der Waals surface area contributed by atoms with Gasteiger partial charge >= 0.3 is 0 Å². The molecule has 26 heavy (non-hydrogen) atoms. The molecule has 4 rings (SSSR count). The normalized spacial score (nSPS) is 18.9. The molecular formula is C20H19ClFN3O. The molecule has 1 heterocycles. The van der Waals surface area contributed by atoms with Gasteiger partial charge in [-0.3, -0.25) is 0 Å². The predicted molar refractivity (Wildman–Crippen MR) is 99.0 cm³/mol. The third-order valence-electron chi connectivity index (χ3n) is 4.90. The van der Waals surface area contributed by atoms with E-state index in [0.29, 0.717) is 23.8 Å². The summed E-state index contributed by atoms with van der Waals surface area (Å²) in [5.74, 6) is -0.301. The zero-order valence-electron chi connectivity index (χ0n) is 14.3. The third-order valence-corrected chi connectivity index (χ3v) is 5.28. The van der Waals surface area contributed by atoms with Gasteiger partial charge in [0.15, 0.2) is 0 Å². The van der Waals surface area contributed by atoms with E-state index in [1.807, 2.05) is 31.2 Å². The highest BCUT2D eigenvalue weighted by molar-refractivity contribution is 6.30. The smallest absolute Gasteiger partial charge is 0.137 e. The topological polar surface area (TPSA) is 50.1 Å². The molecule has 6 heteroatoms. The van der Waals surface area contributed by atoms with E-state index >= 15 is 0 Å². The zero-order chi connectivity index (χ0) is 18.3. The number of rotatable bonds is 4. The minimum absolute atomic E-state index is 0.129. The maximum absolute atomic E-state index is 13.1. The second-order valence-corrected chi connectivity index (χ2v) is 6.93. The van der Waals surface area contributed by atoms with Crippen LogP contribution in [0.5, 0.6) is 0 Å². The first-order chi connectivity index (χ1) is 12.5. The Morgan fingerprint density at radius 3 is 2.73 bits per heavy atom. The van der Waals surface area contributed by atoms with Crippen LogP contribution in [0, 0.1) is 12.7 Å². The molecule has 0 saturated heterocycles. The average Bonchev–Trinajstić information content (AvgIpc) is 3.10. The van der Waals surface area contributed by atoms with Gasteiger partial charge in [0.05, 0.1) is 23.5 Å². The van der Waals surface area contributed by atoms with Crippen molar-refractivity contribution >= 4 is 11.6 Å². The number of nitrogens with one attached hydrogen (secondary N) is 1. The Bertz CT molecular complexity index is 939. The Morgan fingerprint density at radius 1 is 1.23 bits per heavy atom. The van der Waals surface area contributed by atoms with Gasteiger partial charge in [-0.05, 0) is 42.3 Å². The van der Waals surface area contributed by atoms with Gasteiger partial charge in [0.25, 0.3) is 0 Å². The molecule has 0 radical (unpaired) electrons. The summed E-state index contributed by atoms with van der Waals surface area (Å²) >= 11 is 6.53. The van der Waals surface area contributed by atoms with Crippen LogP contribution < -0.4 is 5.32 Å². The van der Waals surface area contributed by atoms with Gasteiger partial charge in [-0.1, -0.05) is 35.9 Å². The summed E-state index contributed by atoms with van der Waals surface area (Å²) in [4.78, 5) is 0. The molecule has 0 bridgehead atoms. The molecule has 2 atom stereocenters. The lowest BCUT2D eigenvalue weighted by molar-refractivity contribution is 0.140. The summed E-state index contributed by atoms with van der Waals surface area (Å²) in [6.45, 7) is 2.38. The van der Waals surface area contributed by atoms with E-state index in [-0.39, 0.29) is 11.9 Å². The third kappa shape index (κ3) is 3.03. The molecule has 4 nitrogen and oxygen atoms in total. The Labute approximate surface area is 156 Å². The SMILES string of the molecule is Cc1nn(-c2ccc(F)cc2)c(Cl)c1CN[C@@H]1c2ccccc2C[C@@H]1O. The van der Waals surface area contributed by atoms with Gasteiger partial charge in [0.2, 0.25) is 0 Å². The molecular weight excluding hydrogens is 353 g/mol. The number of aromatic nitrogens is 2. The number of hydrogen-bond donors (Lipinski definition) is 2. The fourth-order valence-corrected chi connectivity index (χ4v) is 3.86. The molecule has 0 unspecified atom stereocenters. The highest BCUT2D eigenvalue weighted by atomic mass is 35.5. The van der Waals surface area contributed by atoms with Crippen molar-refractivity contribution in [1.82, 2.24) is 15.1 Å². The average molecular weight is 372 g/mol. The fourth-order valence-electron chi connectivity index (χ4n) is 3.52. The van der Waals surface area contributed by atoms with Gasteiger partial charge in [0.1, 0.15) is 11.0 Å². The summed E-state index contributed by atoms with van der Waals surface area (Å²) < 4.78 is 14.7. The molecule has 0 fully saturated rings. The zero-order valence-corrected chi connectivity index (χ0v) is 15.0. The number of halogens is 2. The quantitative estimate of drug-likeness (QED) is 0.734. The largest absolute Gasteiger partial charge is 0.391 e. The van der Waals surface area contributed by atoms with Crippen LogP contribution in [-0.2, 0) is 13.0 Å². The lowest BCUT2D eigenvalue weighted by Crippen LogP contribution is -2.28. The van der Waals surface area contributed by atoms with E-state index in [1.54, 1.807) is 16.8 Å². The Hall–Kier alpha value is -2.21. The van der Waals surface area contributed by atoms with Crippen LogP contribution in [0.3, 0.4) is 0 Å². The summed E-state index contributed by atoms with van der Waals surface area (Å²) in [6.07, 6.45) is 0.189. The minimum atomic E-state index is -0.460. The van der Waals surface area contributed by atoms with Crippen LogP contribution in [0.4, 0.5) is 4.39 Å². The van der Waals surface area contributed by atoms with Crippen molar-refractivity contribution in [3.05, 3.63) is 81.9 Å². The Balaban J connectivity index is 1.57. The fraction of sp³-hybridized carbons (Fsp3) is 0.250. The van der Waals surface area contributed by atoms with Crippen molar-refractivity contribution in [2.75, 3.05) is 0 Å². The standard InChI is InChI=1S/C20H19ClFN3O/c1-12-17(20(21)25(24-12)15-8-6-14(22)7-9-15)11-23-19-16-5-3-2-4-13(16)10-18(19)26/h2-9,18-19,23,26H,10-11H2,1H3/t18-,19+/m0/s1. The lowest BCUT2D eigenvalue weighted by Gasteiger charge is -2.18. The molecule has 2 N–H and O–H groups in total. The number of benzene rings is 2. The van der Waals surface area contributed by atoms with Crippen molar-refractivity contribution in [2.45, 2.75) is 32.0 Å². The highest BCUT2D eigenvalue weighted by Gasteiger charge is 2.30. The van der Waals surface area contributed by atoms with E-state index in [0.717, 1.165) is 16.8 Å². The first-order valence-electron chi connectivity index (χ1n) is 8.54. The van der Waals surface area contributed by atoms with Gasteiger partial charge in [-0.15, -0.1) is 0 Å². The molecule has 1 aromatic heterocycles. The van der Waals surface area contributed by atoms with Crippen LogP contribution >= 0.6 is 11.6 Å². The maximum Gasteiger partial charge on any atom is 0.137 e. The number of fused-ring (bicyclic) bond motifs is 1. The van der Waals surface area contributed by atoms with Gasteiger partial charge in [-0.25, -0.2) is 9.07 Å². The second-order valence-electron chi connectivity index (χ2n) is 6.57. The molecule has 0 spiro atoms. The molecule has 2 aromatic carbocycles. The van der Waals surface area contributed by atoms with E-state index in [1.165, 1.54) is 17.7 Å². The van der Waals surface area contributed by atoms with E-state index in [2.05, 4.69) is 10.4 Å².